The smallest absolute Gasteiger partial charge is 0.191 e. The first-order valence-electron chi connectivity index (χ1n) is 8.78. The first-order chi connectivity index (χ1) is 12.2. The van der Waals surface area contributed by atoms with Gasteiger partial charge in [-0.3, -0.25) is 4.57 Å². The molecule has 0 radical (unpaired) electrons. The fourth-order valence-electron chi connectivity index (χ4n) is 2.82. The van der Waals surface area contributed by atoms with E-state index in [1.54, 1.807) is 12.5 Å². The normalized spacial score (nSPS) is 20.6. The molecule has 0 amide bonds. The van der Waals surface area contributed by atoms with Crippen molar-refractivity contribution in [2.45, 2.75) is 38.8 Å². The Morgan fingerprint density at radius 1 is 1.40 bits per heavy atom. The van der Waals surface area contributed by atoms with Gasteiger partial charge in [-0.15, -0.1) is 0 Å². The van der Waals surface area contributed by atoms with E-state index in [-0.39, 0.29) is 5.60 Å². The van der Waals surface area contributed by atoms with E-state index in [9.17, 15) is 0 Å². The molecule has 1 atom stereocenters. The van der Waals surface area contributed by atoms with Gasteiger partial charge in [-0.25, -0.2) is 15.0 Å². The van der Waals surface area contributed by atoms with Crippen molar-refractivity contribution in [2.24, 2.45) is 4.99 Å². The van der Waals surface area contributed by atoms with Crippen molar-refractivity contribution in [3.8, 4) is 5.82 Å². The van der Waals surface area contributed by atoms with E-state index in [1.807, 2.05) is 29.1 Å². The van der Waals surface area contributed by atoms with Crippen molar-refractivity contribution in [2.75, 3.05) is 19.7 Å². The highest BCUT2D eigenvalue weighted by molar-refractivity contribution is 5.79. The predicted molar refractivity (Wildman–Crippen MR) is 97.8 cm³/mol. The molecule has 1 fully saturated rings. The Morgan fingerprint density at radius 3 is 2.96 bits per heavy atom. The fourth-order valence-corrected chi connectivity index (χ4v) is 2.82. The Kier molecular flexibility index (Phi) is 5.65. The highest BCUT2D eigenvalue weighted by Crippen LogP contribution is 2.23. The highest BCUT2D eigenvalue weighted by Gasteiger charge is 2.29. The summed E-state index contributed by atoms with van der Waals surface area (Å²) in [5, 5.41) is 6.67. The number of nitrogens with zero attached hydrogens (tertiary/aromatic N) is 4. The van der Waals surface area contributed by atoms with Gasteiger partial charge in [0.1, 0.15) is 12.1 Å². The quantitative estimate of drug-likeness (QED) is 0.619. The van der Waals surface area contributed by atoms with Gasteiger partial charge in [-0.1, -0.05) is 6.07 Å². The number of aliphatic imine (C=N–C) groups is 1. The number of nitrogens with one attached hydrogen (secondary N) is 2. The van der Waals surface area contributed by atoms with E-state index in [0.717, 1.165) is 49.9 Å². The summed E-state index contributed by atoms with van der Waals surface area (Å²) in [4.78, 5) is 13.1. The van der Waals surface area contributed by atoms with E-state index < -0.39 is 0 Å². The molecule has 1 aliphatic rings. The Morgan fingerprint density at radius 2 is 2.32 bits per heavy atom. The average Bonchev–Trinajstić information content (AvgIpc) is 3.30. The van der Waals surface area contributed by atoms with Gasteiger partial charge < -0.3 is 15.4 Å². The molecule has 2 N–H and O–H groups in total. The van der Waals surface area contributed by atoms with Gasteiger partial charge in [0.25, 0.3) is 0 Å². The summed E-state index contributed by atoms with van der Waals surface area (Å²) in [6, 6.07) is 4.01. The molecule has 0 saturated carbocycles. The molecule has 2 aromatic rings. The number of hydrogen-bond acceptors (Lipinski definition) is 4. The van der Waals surface area contributed by atoms with E-state index in [0.29, 0.717) is 6.54 Å². The summed E-state index contributed by atoms with van der Waals surface area (Å²) in [5.74, 6) is 1.65. The number of ether oxygens (including phenoxy) is 1. The minimum absolute atomic E-state index is 0.0931. The molecule has 0 bridgehead atoms. The molecule has 0 aromatic carbocycles. The monoisotopic (exact) mass is 342 g/mol. The topological polar surface area (TPSA) is 76.4 Å². The molecule has 2 aromatic heterocycles. The summed E-state index contributed by atoms with van der Waals surface area (Å²) in [6.07, 6.45) is 9.41. The van der Waals surface area contributed by atoms with E-state index in [1.165, 1.54) is 0 Å². The molecule has 0 aliphatic carbocycles. The maximum atomic E-state index is 5.82. The van der Waals surface area contributed by atoms with E-state index in [4.69, 9.17) is 4.74 Å². The maximum Gasteiger partial charge on any atom is 0.191 e. The van der Waals surface area contributed by atoms with Crippen LogP contribution in [-0.4, -0.2) is 45.8 Å². The SMILES string of the molecule is CCNC(=NCc1ccc(-n2ccnc2)nc1)NCC1(C)CCCO1. The molecule has 3 rings (SSSR count). The lowest BCUT2D eigenvalue weighted by atomic mass is 10.0. The molecule has 0 spiro atoms. The predicted octanol–water partition coefficient (Wildman–Crippen LogP) is 1.89. The fraction of sp³-hybridized carbons (Fsp3) is 0.500. The zero-order chi connectivity index (χ0) is 17.5. The van der Waals surface area contributed by atoms with Crippen LogP contribution in [0.2, 0.25) is 0 Å². The van der Waals surface area contributed by atoms with Gasteiger partial charge >= 0.3 is 0 Å². The Labute approximate surface area is 148 Å². The van der Waals surface area contributed by atoms with Gasteiger partial charge in [0.15, 0.2) is 5.96 Å². The van der Waals surface area contributed by atoms with Crippen LogP contribution in [0.25, 0.3) is 5.82 Å². The minimum Gasteiger partial charge on any atom is -0.373 e. The zero-order valence-electron chi connectivity index (χ0n) is 14.9. The third-order valence-corrected chi connectivity index (χ3v) is 4.27. The summed E-state index contributed by atoms with van der Waals surface area (Å²) in [7, 11) is 0. The summed E-state index contributed by atoms with van der Waals surface area (Å²) >= 11 is 0. The Bertz CT molecular complexity index is 674. The molecule has 1 aliphatic heterocycles. The van der Waals surface area contributed by atoms with Crippen molar-refractivity contribution < 1.29 is 4.74 Å². The summed E-state index contributed by atoms with van der Waals surface area (Å²) in [6.45, 7) is 7.21. The summed E-state index contributed by atoms with van der Waals surface area (Å²) in [5.41, 5.74) is 0.967. The largest absolute Gasteiger partial charge is 0.373 e. The van der Waals surface area contributed by atoms with Gasteiger partial charge in [0.2, 0.25) is 0 Å². The van der Waals surface area contributed by atoms with Crippen LogP contribution in [0, 0.1) is 0 Å². The second kappa shape index (κ2) is 8.11. The van der Waals surface area contributed by atoms with Crippen LogP contribution in [0.3, 0.4) is 0 Å². The number of rotatable bonds is 6. The van der Waals surface area contributed by atoms with Crippen LogP contribution in [0.5, 0.6) is 0 Å². The van der Waals surface area contributed by atoms with Gasteiger partial charge in [-0.05, 0) is 38.3 Å². The first kappa shape index (κ1) is 17.4. The molecule has 1 unspecified atom stereocenters. The van der Waals surface area contributed by atoms with Crippen molar-refractivity contribution in [1.82, 2.24) is 25.2 Å². The molecule has 7 heteroatoms. The first-order valence-corrected chi connectivity index (χ1v) is 8.78. The van der Waals surface area contributed by atoms with Crippen molar-refractivity contribution in [3.05, 3.63) is 42.6 Å². The molecular formula is C18H26N6O. The third kappa shape index (κ3) is 4.79. The van der Waals surface area contributed by atoms with Gasteiger partial charge in [-0.2, -0.15) is 0 Å². The minimum atomic E-state index is -0.0931. The van der Waals surface area contributed by atoms with Crippen LogP contribution in [0.15, 0.2) is 42.0 Å². The van der Waals surface area contributed by atoms with Crippen LogP contribution in [0.4, 0.5) is 0 Å². The molecule has 7 nitrogen and oxygen atoms in total. The number of guanidine groups is 1. The lowest BCUT2D eigenvalue weighted by Crippen LogP contribution is -2.45. The standard InChI is InChI=1S/C18H26N6O/c1-3-20-17(23-13-18(2)7-4-10-25-18)22-12-15-5-6-16(21-11-15)24-9-8-19-14-24/h5-6,8-9,11,14H,3-4,7,10,12-13H2,1-2H3,(H2,20,22,23). The van der Waals surface area contributed by atoms with Crippen LogP contribution < -0.4 is 10.6 Å². The van der Waals surface area contributed by atoms with E-state index >= 15 is 0 Å². The molecule has 25 heavy (non-hydrogen) atoms. The van der Waals surface area contributed by atoms with E-state index in [2.05, 4.69) is 39.4 Å². The molecule has 134 valence electrons. The van der Waals surface area contributed by atoms with Gasteiger partial charge in [0.05, 0.1) is 12.1 Å². The number of hydrogen-bond donors (Lipinski definition) is 2. The van der Waals surface area contributed by atoms with Crippen LogP contribution >= 0.6 is 0 Å². The Balaban J connectivity index is 1.58. The van der Waals surface area contributed by atoms with Gasteiger partial charge in [0, 0.05) is 38.3 Å². The zero-order valence-corrected chi connectivity index (χ0v) is 14.9. The number of imidazole rings is 1. The molecule has 1 saturated heterocycles. The average molecular weight is 342 g/mol. The molecular weight excluding hydrogens is 316 g/mol. The second-order valence-electron chi connectivity index (χ2n) is 6.45. The van der Waals surface area contributed by atoms with Crippen molar-refractivity contribution in [1.29, 1.82) is 0 Å². The maximum absolute atomic E-state index is 5.82. The van der Waals surface area contributed by atoms with Crippen LogP contribution in [0.1, 0.15) is 32.3 Å². The lowest BCUT2D eigenvalue weighted by Gasteiger charge is -2.24. The van der Waals surface area contributed by atoms with Crippen molar-refractivity contribution in [3.63, 3.8) is 0 Å². The highest BCUT2D eigenvalue weighted by atomic mass is 16.5. The van der Waals surface area contributed by atoms with Crippen molar-refractivity contribution >= 4 is 5.96 Å². The summed E-state index contributed by atoms with van der Waals surface area (Å²) < 4.78 is 7.69. The van der Waals surface area contributed by atoms with Crippen LogP contribution in [-0.2, 0) is 11.3 Å². The molecule has 3 heterocycles. The third-order valence-electron chi connectivity index (χ3n) is 4.27. The second-order valence-corrected chi connectivity index (χ2v) is 6.45. The number of aromatic nitrogens is 3. The lowest BCUT2D eigenvalue weighted by molar-refractivity contribution is 0.0243. The Hall–Kier alpha value is -2.41. The number of pyridine rings is 1.